The maximum absolute atomic E-state index is 11.4. The number of carboxylic acid groups (broad SMARTS) is 1. The van der Waals surface area contributed by atoms with Gasteiger partial charge in [-0.15, -0.1) is 0 Å². The van der Waals surface area contributed by atoms with Crippen molar-refractivity contribution in [1.29, 1.82) is 0 Å². The monoisotopic (exact) mass is 327 g/mol. The predicted octanol–water partition coefficient (Wildman–Crippen LogP) is -1.83. The molecule has 0 amide bonds. The SMILES string of the molecule is CB(O)N1CCC([C@@]2(c3ccc(Cl)cc3)C[C@@H]2C(=O)[O-])CC1.[Li+]. The number of benzene rings is 1. The Bertz CT molecular complexity index is 563. The minimum absolute atomic E-state index is 0. The third-order valence-corrected chi connectivity index (χ3v) is 5.71. The van der Waals surface area contributed by atoms with E-state index in [-0.39, 0.29) is 24.3 Å². The Kier molecular flexibility index (Phi) is 5.92. The van der Waals surface area contributed by atoms with Crippen LogP contribution < -0.4 is 24.0 Å². The van der Waals surface area contributed by atoms with E-state index in [1.807, 2.05) is 29.1 Å². The Morgan fingerprint density at radius 2 is 1.91 bits per heavy atom. The molecule has 0 bridgehead atoms. The number of carboxylic acids is 1. The van der Waals surface area contributed by atoms with Crippen LogP contribution in [0.5, 0.6) is 0 Å². The molecule has 1 aromatic rings. The van der Waals surface area contributed by atoms with E-state index in [2.05, 4.69) is 0 Å². The molecule has 1 aliphatic heterocycles. The van der Waals surface area contributed by atoms with Crippen LogP contribution in [0.3, 0.4) is 0 Å². The van der Waals surface area contributed by atoms with Crippen LogP contribution in [0.15, 0.2) is 24.3 Å². The zero-order valence-electron chi connectivity index (χ0n) is 13.7. The van der Waals surface area contributed by atoms with Gasteiger partial charge in [-0.25, -0.2) is 0 Å². The van der Waals surface area contributed by atoms with Gasteiger partial charge in [-0.2, -0.15) is 0 Å². The number of rotatable bonds is 4. The fraction of sp³-hybridized carbons (Fsp3) is 0.562. The number of carbonyl (C=O) groups excluding carboxylic acids is 1. The molecule has 23 heavy (non-hydrogen) atoms. The summed E-state index contributed by atoms with van der Waals surface area (Å²) in [5.41, 5.74) is 0.746. The van der Waals surface area contributed by atoms with Crippen LogP contribution in [0.25, 0.3) is 0 Å². The summed E-state index contributed by atoms with van der Waals surface area (Å²) in [5, 5.41) is 21.8. The summed E-state index contributed by atoms with van der Waals surface area (Å²) in [6, 6.07) is 7.56. The maximum Gasteiger partial charge on any atom is 1.00 e. The Morgan fingerprint density at radius 1 is 1.35 bits per heavy atom. The molecule has 2 atom stereocenters. The maximum atomic E-state index is 11.4. The van der Waals surface area contributed by atoms with Crippen molar-refractivity contribution >= 4 is 24.6 Å². The van der Waals surface area contributed by atoms with Gasteiger partial charge in [-0.3, -0.25) is 0 Å². The Labute approximate surface area is 154 Å². The van der Waals surface area contributed by atoms with Crippen LogP contribution in [0, 0.1) is 11.8 Å². The van der Waals surface area contributed by atoms with Crippen LogP contribution in [-0.4, -0.2) is 35.9 Å². The topological polar surface area (TPSA) is 63.6 Å². The number of carbonyl (C=O) groups is 1. The van der Waals surface area contributed by atoms with E-state index in [4.69, 9.17) is 11.6 Å². The van der Waals surface area contributed by atoms with Crippen LogP contribution >= 0.6 is 11.6 Å². The van der Waals surface area contributed by atoms with E-state index in [1.165, 1.54) is 0 Å². The van der Waals surface area contributed by atoms with E-state index >= 15 is 0 Å². The van der Waals surface area contributed by atoms with E-state index < -0.39 is 18.9 Å². The first kappa shape index (κ1) is 18.9. The van der Waals surface area contributed by atoms with Crippen molar-refractivity contribution in [2.45, 2.75) is 31.5 Å². The molecule has 0 unspecified atom stereocenters. The van der Waals surface area contributed by atoms with Gasteiger partial charge in [-0.1, -0.05) is 23.7 Å². The molecule has 0 radical (unpaired) electrons. The number of piperidine rings is 1. The van der Waals surface area contributed by atoms with Gasteiger partial charge in [0.1, 0.15) is 0 Å². The Hall–Kier alpha value is -0.438. The van der Waals surface area contributed by atoms with Gasteiger partial charge in [0.2, 0.25) is 0 Å². The molecule has 2 aliphatic rings. The average Bonchev–Trinajstić information content (AvgIpc) is 3.25. The van der Waals surface area contributed by atoms with Crippen molar-refractivity contribution in [3.8, 4) is 0 Å². The van der Waals surface area contributed by atoms with Crippen molar-refractivity contribution in [3.05, 3.63) is 34.9 Å². The molecule has 0 aromatic heterocycles. The minimum atomic E-state index is -0.951. The molecule has 1 aliphatic carbocycles. The molecular weight excluding hydrogens is 307 g/mol. The number of aliphatic carboxylic acids is 1. The summed E-state index contributed by atoms with van der Waals surface area (Å²) in [5.74, 6) is -1.05. The minimum Gasteiger partial charge on any atom is -0.550 e. The molecule has 0 spiro atoms. The molecule has 1 heterocycles. The second-order valence-electron chi connectivity index (χ2n) is 6.57. The first-order valence-corrected chi connectivity index (χ1v) is 8.22. The molecular formula is C16H20BClLiNO3. The van der Waals surface area contributed by atoms with Gasteiger partial charge in [0.15, 0.2) is 0 Å². The smallest absolute Gasteiger partial charge is 0.550 e. The summed E-state index contributed by atoms with van der Waals surface area (Å²) in [6.45, 7) is 3.38. The van der Waals surface area contributed by atoms with Gasteiger partial charge in [0.25, 0.3) is 0 Å². The van der Waals surface area contributed by atoms with Crippen molar-refractivity contribution in [1.82, 2.24) is 4.81 Å². The van der Waals surface area contributed by atoms with Crippen LogP contribution in [0.4, 0.5) is 0 Å². The van der Waals surface area contributed by atoms with E-state index in [0.717, 1.165) is 31.5 Å². The number of hydrogen-bond donors (Lipinski definition) is 1. The fourth-order valence-corrected chi connectivity index (χ4v) is 4.25. The Balaban J connectivity index is 0.00000192. The molecule has 1 N–H and O–H groups in total. The first-order chi connectivity index (χ1) is 10.4. The van der Waals surface area contributed by atoms with Crippen LogP contribution in [0.2, 0.25) is 11.8 Å². The van der Waals surface area contributed by atoms with Crippen molar-refractivity contribution in [2.75, 3.05) is 13.1 Å². The second kappa shape index (κ2) is 7.21. The molecule has 7 heteroatoms. The van der Waals surface area contributed by atoms with E-state index in [9.17, 15) is 14.9 Å². The first-order valence-electron chi connectivity index (χ1n) is 7.84. The molecule has 2 fully saturated rings. The molecule has 1 aromatic carbocycles. The van der Waals surface area contributed by atoms with Crippen molar-refractivity contribution in [3.63, 3.8) is 0 Å². The second-order valence-corrected chi connectivity index (χ2v) is 7.00. The zero-order chi connectivity index (χ0) is 15.9. The molecule has 4 nitrogen and oxygen atoms in total. The normalized spacial score (nSPS) is 28.0. The van der Waals surface area contributed by atoms with E-state index in [0.29, 0.717) is 17.4 Å². The summed E-state index contributed by atoms with van der Waals surface area (Å²) in [6.07, 6.45) is 2.45. The number of halogens is 1. The van der Waals surface area contributed by atoms with E-state index in [1.54, 1.807) is 6.82 Å². The van der Waals surface area contributed by atoms with Gasteiger partial charge in [-0.05, 0) is 62.8 Å². The summed E-state index contributed by atoms with van der Waals surface area (Å²) in [7, 11) is -0.441. The quantitative estimate of drug-likeness (QED) is 0.661. The summed E-state index contributed by atoms with van der Waals surface area (Å²) in [4.78, 5) is 13.5. The van der Waals surface area contributed by atoms with Crippen LogP contribution in [-0.2, 0) is 10.2 Å². The molecule has 1 saturated carbocycles. The predicted molar refractivity (Wildman–Crippen MR) is 84.4 cm³/mol. The number of hydrogen-bond acceptors (Lipinski definition) is 4. The fourth-order valence-electron chi connectivity index (χ4n) is 4.13. The average molecular weight is 328 g/mol. The van der Waals surface area contributed by atoms with Gasteiger partial charge in [0.05, 0.1) is 0 Å². The molecule has 1 saturated heterocycles. The van der Waals surface area contributed by atoms with Crippen molar-refractivity contribution < 1.29 is 33.8 Å². The summed E-state index contributed by atoms with van der Waals surface area (Å²) >= 11 is 5.96. The van der Waals surface area contributed by atoms with Crippen molar-refractivity contribution in [2.24, 2.45) is 11.8 Å². The Morgan fingerprint density at radius 3 is 2.35 bits per heavy atom. The van der Waals surface area contributed by atoms with Gasteiger partial charge in [0, 0.05) is 22.3 Å². The van der Waals surface area contributed by atoms with Gasteiger partial charge < -0.3 is 19.7 Å². The summed E-state index contributed by atoms with van der Waals surface area (Å²) < 4.78 is 0. The third-order valence-electron chi connectivity index (χ3n) is 5.46. The molecule has 3 rings (SSSR count). The standard InChI is InChI=1S/C16H21BClNO3.Li/c1-17(22)19-8-6-12(7-9-19)16(10-14(16)15(20)21)11-2-4-13(18)5-3-11;/h2-5,12,14,22H,6-10H2,1H3,(H,20,21);/q;+1/p-1/t14-,16+;/m1./s1. The number of nitrogens with zero attached hydrogens (tertiary/aromatic N) is 1. The third kappa shape index (κ3) is 3.50. The molecule has 118 valence electrons. The van der Waals surface area contributed by atoms with Gasteiger partial charge >= 0.3 is 25.9 Å². The zero-order valence-corrected chi connectivity index (χ0v) is 14.4. The van der Waals surface area contributed by atoms with Crippen LogP contribution in [0.1, 0.15) is 24.8 Å². The largest absolute Gasteiger partial charge is 1.00 e.